The van der Waals surface area contributed by atoms with Gasteiger partial charge in [-0.15, -0.1) is 21.5 Å². The van der Waals surface area contributed by atoms with E-state index in [4.69, 9.17) is 0 Å². The molecular formula is C22H21N5OS. The average Bonchev–Trinajstić information content (AvgIpc) is 3.47. The zero-order valence-corrected chi connectivity index (χ0v) is 17.0. The fourth-order valence-corrected chi connectivity index (χ4v) is 4.61. The van der Waals surface area contributed by atoms with Gasteiger partial charge in [0.25, 0.3) is 0 Å². The number of carbonyl (C=O) groups is 1. The summed E-state index contributed by atoms with van der Waals surface area (Å²) >= 11 is 1.65. The number of aryl methyl sites for hydroxylation is 1. The number of amides is 1. The standard InChI is InChI=1S/C22H21N5OS/c1-15-23-18(14-29-15)17-9-7-16(8-10-17)13-21(28)26-12-4-5-19(26)22-25-24-20-6-2-3-11-27(20)22/h2-3,6-11,14,19H,4-5,12-13H2,1H3/t19-/m0/s1. The molecule has 4 aromatic rings. The summed E-state index contributed by atoms with van der Waals surface area (Å²) in [4.78, 5) is 19.6. The molecule has 0 radical (unpaired) electrons. The van der Waals surface area contributed by atoms with Gasteiger partial charge in [0, 0.05) is 23.7 Å². The van der Waals surface area contributed by atoms with Crippen LogP contribution in [-0.2, 0) is 11.2 Å². The third-order valence-electron chi connectivity index (χ3n) is 5.44. The molecule has 7 heteroatoms. The lowest BCUT2D eigenvalue weighted by molar-refractivity contribution is -0.131. The van der Waals surface area contributed by atoms with Crippen LogP contribution in [0.15, 0.2) is 54.0 Å². The lowest BCUT2D eigenvalue weighted by atomic mass is 10.1. The summed E-state index contributed by atoms with van der Waals surface area (Å²) in [7, 11) is 0. The normalized spacial score (nSPS) is 16.6. The maximum atomic E-state index is 13.1. The topological polar surface area (TPSA) is 63.4 Å². The number of carbonyl (C=O) groups excluding carboxylic acids is 1. The molecule has 0 saturated carbocycles. The van der Waals surface area contributed by atoms with E-state index in [0.29, 0.717) is 6.42 Å². The van der Waals surface area contributed by atoms with Gasteiger partial charge in [-0.25, -0.2) is 4.98 Å². The van der Waals surface area contributed by atoms with Crippen molar-refractivity contribution >= 4 is 22.9 Å². The van der Waals surface area contributed by atoms with E-state index >= 15 is 0 Å². The third-order valence-corrected chi connectivity index (χ3v) is 6.21. The minimum atomic E-state index is -0.0165. The summed E-state index contributed by atoms with van der Waals surface area (Å²) in [5.74, 6) is 0.984. The molecule has 1 saturated heterocycles. The van der Waals surface area contributed by atoms with Crippen LogP contribution in [0.3, 0.4) is 0 Å². The van der Waals surface area contributed by atoms with E-state index in [1.807, 2.05) is 64.9 Å². The molecule has 0 unspecified atom stereocenters. The molecule has 6 nitrogen and oxygen atoms in total. The van der Waals surface area contributed by atoms with Crippen molar-refractivity contribution in [1.29, 1.82) is 0 Å². The minimum Gasteiger partial charge on any atom is -0.332 e. The quantitative estimate of drug-likeness (QED) is 0.515. The number of fused-ring (bicyclic) bond motifs is 1. The summed E-state index contributed by atoms with van der Waals surface area (Å²) in [5.41, 5.74) is 3.90. The molecule has 1 aromatic carbocycles. The Bertz CT molecular complexity index is 1160. The molecule has 3 aromatic heterocycles. The molecule has 1 fully saturated rings. The van der Waals surface area contributed by atoms with E-state index in [-0.39, 0.29) is 11.9 Å². The van der Waals surface area contributed by atoms with Crippen molar-refractivity contribution in [1.82, 2.24) is 24.5 Å². The van der Waals surface area contributed by atoms with Crippen LogP contribution in [0, 0.1) is 6.92 Å². The van der Waals surface area contributed by atoms with Gasteiger partial charge in [-0.05, 0) is 37.5 Å². The van der Waals surface area contributed by atoms with Crippen molar-refractivity contribution in [2.45, 2.75) is 32.2 Å². The lowest BCUT2D eigenvalue weighted by Crippen LogP contribution is -2.32. The van der Waals surface area contributed by atoms with E-state index in [0.717, 1.165) is 52.7 Å². The maximum Gasteiger partial charge on any atom is 0.227 e. The Morgan fingerprint density at radius 3 is 2.83 bits per heavy atom. The number of likely N-dealkylation sites (tertiary alicyclic amines) is 1. The lowest BCUT2D eigenvalue weighted by Gasteiger charge is -2.23. The van der Waals surface area contributed by atoms with Crippen LogP contribution in [0.25, 0.3) is 16.9 Å². The number of nitrogens with zero attached hydrogens (tertiary/aromatic N) is 5. The highest BCUT2D eigenvalue weighted by Crippen LogP contribution is 2.31. The first-order valence-electron chi connectivity index (χ1n) is 9.79. The van der Waals surface area contributed by atoms with Crippen molar-refractivity contribution < 1.29 is 4.79 Å². The first kappa shape index (κ1) is 18.0. The summed E-state index contributed by atoms with van der Waals surface area (Å²) in [5, 5.41) is 11.7. The number of thiazole rings is 1. The summed E-state index contributed by atoms with van der Waals surface area (Å²) in [6.07, 6.45) is 4.26. The summed E-state index contributed by atoms with van der Waals surface area (Å²) in [6, 6.07) is 14.0. The van der Waals surface area contributed by atoms with Gasteiger partial charge in [-0.2, -0.15) is 0 Å². The van der Waals surface area contributed by atoms with Crippen molar-refractivity contribution in [2.75, 3.05) is 6.54 Å². The molecule has 0 spiro atoms. The largest absolute Gasteiger partial charge is 0.332 e. The smallest absolute Gasteiger partial charge is 0.227 e. The molecule has 1 aliphatic heterocycles. The zero-order valence-electron chi connectivity index (χ0n) is 16.2. The fraction of sp³-hybridized carbons (Fsp3) is 0.273. The Morgan fingerprint density at radius 1 is 1.17 bits per heavy atom. The van der Waals surface area contributed by atoms with E-state index in [1.54, 1.807) is 11.3 Å². The van der Waals surface area contributed by atoms with Gasteiger partial charge in [0.05, 0.1) is 23.2 Å². The molecule has 1 amide bonds. The second-order valence-corrected chi connectivity index (χ2v) is 8.42. The molecule has 0 bridgehead atoms. The first-order valence-corrected chi connectivity index (χ1v) is 10.7. The Balaban J connectivity index is 1.33. The highest BCUT2D eigenvalue weighted by Gasteiger charge is 2.33. The molecule has 5 rings (SSSR count). The van der Waals surface area contributed by atoms with Gasteiger partial charge in [-0.1, -0.05) is 30.3 Å². The molecule has 1 aliphatic rings. The van der Waals surface area contributed by atoms with Gasteiger partial charge in [0.2, 0.25) is 5.91 Å². The third kappa shape index (κ3) is 3.42. The van der Waals surface area contributed by atoms with Crippen LogP contribution in [0.5, 0.6) is 0 Å². The summed E-state index contributed by atoms with van der Waals surface area (Å²) < 4.78 is 1.99. The number of hydrogen-bond acceptors (Lipinski definition) is 5. The van der Waals surface area contributed by atoms with Gasteiger partial charge < -0.3 is 4.90 Å². The number of rotatable bonds is 4. The van der Waals surface area contributed by atoms with E-state index in [2.05, 4.69) is 20.6 Å². The Kier molecular flexibility index (Phi) is 4.60. The zero-order chi connectivity index (χ0) is 19.8. The average molecular weight is 404 g/mol. The van der Waals surface area contributed by atoms with Crippen molar-refractivity contribution in [2.24, 2.45) is 0 Å². The monoisotopic (exact) mass is 403 g/mol. The van der Waals surface area contributed by atoms with Crippen molar-refractivity contribution in [3.8, 4) is 11.3 Å². The molecule has 0 N–H and O–H groups in total. The van der Waals surface area contributed by atoms with Gasteiger partial charge >= 0.3 is 0 Å². The van der Waals surface area contributed by atoms with Crippen molar-refractivity contribution in [3.63, 3.8) is 0 Å². The molecule has 0 aliphatic carbocycles. The number of hydrogen-bond donors (Lipinski definition) is 0. The molecule has 1 atom stereocenters. The van der Waals surface area contributed by atoms with Gasteiger partial charge in [0.15, 0.2) is 11.5 Å². The highest BCUT2D eigenvalue weighted by molar-refractivity contribution is 7.09. The maximum absolute atomic E-state index is 13.1. The van der Waals surface area contributed by atoms with Gasteiger partial charge in [-0.3, -0.25) is 9.20 Å². The van der Waals surface area contributed by atoms with E-state index < -0.39 is 0 Å². The van der Waals surface area contributed by atoms with Crippen LogP contribution in [-0.4, -0.2) is 36.9 Å². The minimum absolute atomic E-state index is 0.0165. The van der Waals surface area contributed by atoms with Crippen molar-refractivity contribution in [3.05, 3.63) is 70.4 Å². The SMILES string of the molecule is Cc1nc(-c2ccc(CC(=O)N3CCC[C@H]3c3nnc4ccccn34)cc2)cs1. The first-order chi connectivity index (χ1) is 14.2. The number of aromatic nitrogens is 4. The number of benzene rings is 1. The Morgan fingerprint density at radius 2 is 2.03 bits per heavy atom. The predicted molar refractivity (Wildman–Crippen MR) is 113 cm³/mol. The predicted octanol–water partition coefficient (Wildman–Crippen LogP) is 4.07. The Hall–Kier alpha value is -3.06. The van der Waals surface area contributed by atoms with Crippen LogP contribution in [0.4, 0.5) is 0 Å². The van der Waals surface area contributed by atoms with E-state index in [1.165, 1.54) is 0 Å². The van der Waals surface area contributed by atoms with Crippen LogP contribution in [0.1, 0.15) is 35.3 Å². The van der Waals surface area contributed by atoms with Gasteiger partial charge in [0.1, 0.15) is 0 Å². The molecular weight excluding hydrogens is 382 g/mol. The highest BCUT2D eigenvalue weighted by atomic mass is 32.1. The van der Waals surface area contributed by atoms with Crippen LogP contribution in [0.2, 0.25) is 0 Å². The van der Waals surface area contributed by atoms with E-state index in [9.17, 15) is 4.79 Å². The fourth-order valence-electron chi connectivity index (χ4n) is 3.99. The van der Waals surface area contributed by atoms with Crippen LogP contribution >= 0.6 is 11.3 Å². The number of pyridine rings is 1. The molecule has 146 valence electrons. The molecule has 29 heavy (non-hydrogen) atoms. The Labute approximate surface area is 172 Å². The van der Waals surface area contributed by atoms with Crippen LogP contribution < -0.4 is 0 Å². The second-order valence-electron chi connectivity index (χ2n) is 7.36. The second kappa shape index (κ2) is 7.40. The summed E-state index contributed by atoms with van der Waals surface area (Å²) in [6.45, 7) is 2.77. The molecule has 4 heterocycles.